The van der Waals surface area contributed by atoms with Crippen LogP contribution in [0.15, 0.2) is 91.0 Å². The summed E-state index contributed by atoms with van der Waals surface area (Å²) >= 11 is 0. The maximum atomic E-state index is 12.3. The lowest BCUT2D eigenvalue weighted by molar-refractivity contribution is -0.259. The maximum Gasteiger partial charge on any atom is 0.303 e. The van der Waals surface area contributed by atoms with Crippen LogP contribution in [-0.2, 0) is 43.7 Å². The molecule has 41 heavy (non-hydrogen) atoms. The normalized spacial score (nSPS) is 23.0. The van der Waals surface area contributed by atoms with E-state index in [-0.39, 0.29) is 6.61 Å². The van der Waals surface area contributed by atoms with Crippen LogP contribution in [0.25, 0.3) is 0 Å². The van der Waals surface area contributed by atoms with Crippen molar-refractivity contribution in [1.82, 2.24) is 5.32 Å². The zero-order valence-corrected chi connectivity index (χ0v) is 23.7. The predicted molar refractivity (Wildman–Crippen MR) is 149 cm³/mol. The summed E-state index contributed by atoms with van der Waals surface area (Å²) in [7, 11) is -4.13. The van der Waals surface area contributed by atoms with Crippen molar-refractivity contribution in [2.45, 2.75) is 50.1 Å². The first-order valence-electron chi connectivity index (χ1n) is 13.0. The van der Waals surface area contributed by atoms with Gasteiger partial charge in [0.2, 0.25) is 5.91 Å². The zero-order valence-electron chi connectivity index (χ0n) is 22.9. The molecule has 4 rings (SSSR count). The van der Waals surface area contributed by atoms with Crippen molar-refractivity contribution in [3.05, 3.63) is 108 Å². The molecule has 0 bridgehead atoms. The molecule has 5 atom stereocenters. The zero-order chi connectivity index (χ0) is 29.6. The lowest BCUT2D eigenvalue weighted by atomic mass is 9.80. The largest absolute Gasteiger partial charge is 0.457 e. The fourth-order valence-electron chi connectivity index (χ4n) is 5.07. The molecule has 0 aromatic heterocycles. The Morgan fingerprint density at radius 1 is 0.854 bits per heavy atom. The molecule has 0 spiro atoms. The highest BCUT2D eigenvalue weighted by atomic mass is 32.2. The van der Waals surface area contributed by atoms with Gasteiger partial charge in [0.1, 0.15) is 23.9 Å². The van der Waals surface area contributed by atoms with Crippen LogP contribution in [0.3, 0.4) is 0 Å². The molecular weight excluding hydrogens is 550 g/mol. The number of carbonyl (C=O) groups is 2. The number of rotatable bonds is 10. The van der Waals surface area contributed by atoms with Gasteiger partial charge in [-0.3, -0.25) is 13.8 Å². The van der Waals surface area contributed by atoms with Crippen molar-refractivity contribution in [1.29, 1.82) is 0 Å². The second-order valence-corrected chi connectivity index (χ2v) is 11.3. The summed E-state index contributed by atoms with van der Waals surface area (Å²) in [6.07, 6.45) is -4.95. The molecule has 5 unspecified atom stereocenters. The monoisotopic (exact) mass is 583 g/mol. The van der Waals surface area contributed by atoms with E-state index in [4.69, 9.17) is 18.4 Å². The molecule has 2 N–H and O–H groups in total. The smallest absolute Gasteiger partial charge is 0.303 e. The van der Waals surface area contributed by atoms with Crippen LogP contribution < -0.4 is 5.32 Å². The minimum Gasteiger partial charge on any atom is -0.457 e. The van der Waals surface area contributed by atoms with Gasteiger partial charge >= 0.3 is 5.97 Å². The van der Waals surface area contributed by atoms with Gasteiger partial charge in [0, 0.05) is 13.8 Å². The molecule has 1 saturated heterocycles. The van der Waals surface area contributed by atoms with E-state index in [1.54, 1.807) is 0 Å². The van der Waals surface area contributed by atoms with Crippen LogP contribution in [0.1, 0.15) is 30.5 Å². The Kier molecular flexibility index (Phi) is 9.57. The lowest BCUT2D eigenvalue weighted by Gasteiger charge is -2.45. The lowest BCUT2D eigenvalue weighted by Crippen LogP contribution is -2.66. The molecule has 3 aromatic rings. The fourth-order valence-corrected chi connectivity index (χ4v) is 5.70. The Morgan fingerprint density at radius 2 is 1.32 bits per heavy atom. The highest BCUT2D eigenvalue weighted by molar-refractivity contribution is 7.86. The highest BCUT2D eigenvalue weighted by Crippen LogP contribution is 2.41. The molecule has 1 aliphatic rings. The number of hydrogen-bond donors (Lipinski definition) is 2. The van der Waals surface area contributed by atoms with Crippen LogP contribution in [0, 0.1) is 0 Å². The molecule has 1 aliphatic heterocycles. The molecule has 0 saturated carbocycles. The SMILES string of the molecule is CC(=O)NC1C(O)OC(COC(c2ccccc2)(c2ccccc2)c2ccccc2)C(OS(C)(=O)=O)C1OC(C)=O. The van der Waals surface area contributed by atoms with Gasteiger partial charge in [-0.05, 0) is 16.7 Å². The maximum absolute atomic E-state index is 12.3. The predicted octanol–water partition coefficient (Wildman–Crippen LogP) is 2.49. The van der Waals surface area contributed by atoms with E-state index in [2.05, 4.69) is 5.32 Å². The molecule has 11 heteroatoms. The second kappa shape index (κ2) is 12.9. The molecule has 1 amide bonds. The molecule has 0 radical (unpaired) electrons. The van der Waals surface area contributed by atoms with Crippen LogP contribution >= 0.6 is 0 Å². The van der Waals surface area contributed by atoms with E-state index >= 15 is 0 Å². The average Bonchev–Trinajstić information content (AvgIpc) is 2.93. The third kappa shape index (κ3) is 7.19. The summed E-state index contributed by atoms with van der Waals surface area (Å²) < 4.78 is 48.0. The third-order valence-electron chi connectivity index (χ3n) is 6.63. The van der Waals surface area contributed by atoms with Gasteiger partial charge in [0.05, 0.1) is 12.9 Å². The van der Waals surface area contributed by atoms with Crippen LogP contribution in [0.2, 0.25) is 0 Å². The third-order valence-corrected chi connectivity index (χ3v) is 7.20. The van der Waals surface area contributed by atoms with E-state index < -0.39 is 58.2 Å². The van der Waals surface area contributed by atoms with Crippen molar-refractivity contribution >= 4 is 22.0 Å². The van der Waals surface area contributed by atoms with E-state index in [1.165, 1.54) is 6.92 Å². The molecule has 10 nitrogen and oxygen atoms in total. The minimum absolute atomic E-state index is 0.305. The first-order chi connectivity index (χ1) is 19.5. The number of aliphatic hydroxyl groups is 1. The van der Waals surface area contributed by atoms with Crippen LogP contribution in [0.5, 0.6) is 0 Å². The number of amides is 1. The van der Waals surface area contributed by atoms with Gasteiger partial charge in [-0.1, -0.05) is 91.0 Å². The van der Waals surface area contributed by atoms with Crippen LogP contribution in [0.4, 0.5) is 0 Å². The van der Waals surface area contributed by atoms with Crippen molar-refractivity contribution in [3.8, 4) is 0 Å². The second-order valence-electron chi connectivity index (χ2n) is 9.72. The number of benzene rings is 3. The summed E-state index contributed by atoms with van der Waals surface area (Å²) in [6.45, 7) is 2.02. The number of esters is 1. The van der Waals surface area contributed by atoms with Gasteiger partial charge in [-0.25, -0.2) is 0 Å². The number of aliphatic hydroxyl groups excluding tert-OH is 1. The first kappa shape index (κ1) is 30.4. The van der Waals surface area contributed by atoms with Gasteiger partial charge < -0.3 is 24.6 Å². The molecule has 218 valence electrons. The molecule has 1 heterocycles. The summed E-state index contributed by atoms with van der Waals surface area (Å²) in [5.74, 6) is -1.33. The molecule has 0 aliphatic carbocycles. The molecule has 1 fully saturated rings. The summed E-state index contributed by atoms with van der Waals surface area (Å²) in [5, 5.41) is 13.3. The Labute approximate surface area is 239 Å². The van der Waals surface area contributed by atoms with Gasteiger partial charge in [0.15, 0.2) is 12.4 Å². The standard InChI is InChI=1S/C30H33NO9S/c1-20(32)31-26-28(38-21(2)33)27(40-41(3,35)36)25(39-29(26)34)19-37-30(22-13-7-4-8-14-22,23-15-9-5-10-16-23)24-17-11-6-12-18-24/h4-18,25-29,34H,19H2,1-3H3,(H,31,32). The highest BCUT2D eigenvalue weighted by Gasteiger charge is 2.51. The quantitative estimate of drug-likeness (QED) is 0.210. The Hall–Kier alpha value is -3.61. The number of ether oxygens (including phenoxy) is 3. The Balaban J connectivity index is 1.81. The van der Waals surface area contributed by atoms with Crippen molar-refractivity contribution in [2.75, 3.05) is 12.9 Å². The Bertz CT molecular complexity index is 1320. The topological polar surface area (TPSA) is 137 Å². The van der Waals surface area contributed by atoms with E-state index in [0.717, 1.165) is 29.9 Å². The van der Waals surface area contributed by atoms with Gasteiger partial charge in [-0.2, -0.15) is 8.42 Å². The van der Waals surface area contributed by atoms with Crippen molar-refractivity contribution < 1.29 is 41.5 Å². The summed E-state index contributed by atoms with van der Waals surface area (Å²) in [6, 6.07) is 27.1. The Morgan fingerprint density at radius 3 is 1.71 bits per heavy atom. The minimum atomic E-state index is -4.13. The average molecular weight is 584 g/mol. The first-order valence-corrected chi connectivity index (χ1v) is 14.8. The van der Waals surface area contributed by atoms with Gasteiger partial charge in [-0.15, -0.1) is 0 Å². The number of hydrogen-bond acceptors (Lipinski definition) is 9. The number of carbonyl (C=O) groups excluding carboxylic acids is 2. The van der Waals surface area contributed by atoms with Crippen molar-refractivity contribution in [2.24, 2.45) is 0 Å². The van der Waals surface area contributed by atoms with E-state index in [9.17, 15) is 23.1 Å². The summed E-state index contributed by atoms with van der Waals surface area (Å²) in [5.41, 5.74) is 1.14. The molecular formula is C30H33NO9S. The summed E-state index contributed by atoms with van der Waals surface area (Å²) in [4.78, 5) is 23.9. The molecule has 3 aromatic carbocycles. The van der Waals surface area contributed by atoms with Crippen molar-refractivity contribution in [3.63, 3.8) is 0 Å². The fraction of sp³-hybridized carbons (Fsp3) is 0.333. The van der Waals surface area contributed by atoms with E-state index in [0.29, 0.717) is 0 Å². The number of nitrogens with one attached hydrogen (secondary N) is 1. The van der Waals surface area contributed by atoms with Gasteiger partial charge in [0.25, 0.3) is 10.1 Å². The van der Waals surface area contributed by atoms with Crippen LogP contribution in [-0.4, -0.2) is 68.9 Å². The van der Waals surface area contributed by atoms with E-state index in [1.807, 2.05) is 91.0 Å².